The molecule has 0 bridgehead atoms. The first-order valence-corrected chi connectivity index (χ1v) is 6.26. The summed E-state index contributed by atoms with van der Waals surface area (Å²) in [7, 11) is 0. The second-order valence-electron chi connectivity index (χ2n) is 4.72. The van der Waals surface area contributed by atoms with Gasteiger partial charge in [-0.25, -0.2) is 0 Å². The van der Waals surface area contributed by atoms with Crippen LogP contribution >= 0.6 is 0 Å². The summed E-state index contributed by atoms with van der Waals surface area (Å²) in [5.74, 6) is 0. The van der Waals surface area contributed by atoms with E-state index in [-0.39, 0.29) is 17.1 Å². The van der Waals surface area contributed by atoms with Crippen LogP contribution in [0.2, 0.25) is 0 Å². The minimum atomic E-state index is -1.06. The average Bonchev–Trinajstić information content (AvgIpc) is 2.38. The number of hydrogen-bond acceptors (Lipinski definition) is 4. The normalized spacial score (nSPS) is 25.6. The van der Waals surface area contributed by atoms with E-state index in [0.29, 0.717) is 5.56 Å². The fourth-order valence-electron chi connectivity index (χ4n) is 2.27. The zero-order valence-electron chi connectivity index (χ0n) is 10.2. The molecular formula is C13H18N2O3. The number of nitrogens with two attached hydrogens (primary N) is 1. The van der Waals surface area contributed by atoms with E-state index in [1.165, 1.54) is 0 Å². The van der Waals surface area contributed by atoms with Gasteiger partial charge in [-0.05, 0) is 37.8 Å². The van der Waals surface area contributed by atoms with Crippen LogP contribution in [-0.2, 0) is 4.74 Å². The summed E-state index contributed by atoms with van der Waals surface area (Å²) in [6.07, 6.45) is 2.25. The van der Waals surface area contributed by atoms with E-state index in [1.807, 2.05) is 6.07 Å². The summed E-state index contributed by atoms with van der Waals surface area (Å²) in [6, 6.07) is 9.07. The molecule has 0 heterocycles. The van der Waals surface area contributed by atoms with E-state index in [0.717, 1.165) is 25.7 Å². The largest absolute Gasteiger partial charge is 0.342 e. The highest BCUT2D eigenvalue weighted by Crippen LogP contribution is 2.26. The molecule has 0 amide bonds. The summed E-state index contributed by atoms with van der Waals surface area (Å²) < 4.78 is 5.63. The first-order valence-electron chi connectivity index (χ1n) is 6.26. The second kappa shape index (κ2) is 5.93. The predicted octanol–water partition coefficient (Wildman–Crippen LogP) is 2.25. The van der Waals surface area contributed by atoms with Gasteiger partial charge in [-0.3, -0.25) is 10.1 Å². The van der Waals surface area contributed by atoms with Crippen molar-refractivity contribution in [2.75, 3.05) is 0 Å². The first kappa shape index (κ1) is 13.0. The van der Waals surface area contributed by atoms with Gasteiger partial charge >= 0.3 is 6.23 Å². The molecule has 1 fully saturated rings. The highest BCUT2D eigenvalue weighted by molar-refractivity contribution is 5.15. The van der Waals surface area contributed by atoms with Crippen molar-refractivity contribution in [2.24, 2.45) is 5.73 Å². The van der Waals surface area contributed by atoms with Crippen LogP contribution in [0.5, 0.6) is 0 Å². The minimum Gasteiger partial charge on any atom is -0.328 e. The Hall–Kier alpha value is -1.46. The van der Waals surface area contributed by atoms with Gasteiger partial charge in [-0.15, -0.1) is 0 Å². The molecule has 18 heavy (non-hydrogen) atoms. The third-order valence-electron chi connectivity index (χ3n) is 3.32. The van der Waals surface area contributed by atoms with Gasteiger partial charge in [-0.2, -0.15) is 0 Å². The molecule has 1 aliphatic rings. The van der Waals surface area contributed by atoms with Crippen LogP contribution in [-0.4, -0.2) is 17.1 Å². The standard InChI is InChI=1S/C13H18N2O3/c14-11-6-8-12(9-7-11)18-13(15(16)17)10-4-2-1-3-5-10/h1-5,11-13H,6-9,14H2. The van der Waals surface area contributed by atoms with Gasteiger partial charge < -0.3 is 10.5 Å². The molecule has 5 nitrogen and oxygen atoms in total. The van der Waals surface area contributed by atoms with E-state index in [2.05, 4.69) is 0 Å². The number of nitrogens with zero attached hydrogens (tertiary/aromatic N) is 1. The number of benzene rings is 1. The summed E-state index contributed by atoms with van der Waals surface area (Å²) in [5, 5.41) is 11.1. The summed E-state index contributed by atoms with van der Waals surface area (Å²) in [4.78, 5) is 10.7. The maximum atomic E-state index is 11.1. The van der Waals surface area contributed by atoms with Gasteiger partial charge in [0, 0.05) is 6.04 Å². The number of ether oxygens (including phenoxy) is 1. The smallest absolute Gasteiger partial charge is 0.328 e. The van der Waals surface area contributed by atoms with E-state index in [1.54, 1.807) is 24.3 Å². The predicted molar refractivity (Wildman–Crippen MR) is 67.5 cm³/mol. The molecule has 1 aliphatic carbocycles. The molecule has 0 aromatic heterocycles. The molecule has 1 saturated carbocycles. The third kappa shape index (κ3) is 3.27. The molecule has 5 heteroatoms. The van der Waals surface area contributed by atoms with Gasteiger partial charge in [0.25, 0.3) is 0 Å². The van der Waals surface area contributed by atoms with Gasteiger partial charge in [0.05, 0.1) is 16.6 Å². The van der Waals surface area contributed by atoms with Crippen molar-refractivity contribution in [3.63, 3.8) is 0 Å². The Morgan fingerprint density at radius 1 is 1.22 bits per heavy atom. The Morgan fingerprint density at radius 2 is 1.83 bits per heavy atom. The quantitative estimate of drug-likeness (QED) is 0.505. The highest BCUT2D eigenvalue weighted by Gasteiger charge is 2.29. The fourth-order valence-corrected chi connectivity index (χ4v) is 2.27. The van der Waals surface area contributed by atoms with Gasteiger partial charge in [-0.1, -0.05) is 18.2 Å². The molecule has 0 radical (unpaired) electrons. The molecular weight excluding hydrogens is 232 g/mol. The van der Waals surface area contributed by atoms with Crippen molar-refractivity contribution in [1.82, 2.24) is 0 Å². The van der Waals surface area contributed by atoms with Crippen LogP contribution in [0.15, 0.2) is 30.3 Å². The van der Waals surface area contributed by atoms with Crippen LogP contribution < -0.4 is 5.73 Å². The molecule has 2 rings (SSSR count). The number of rotatable bonds is 4. The molecule has 0 spiro atoms. The maximum Gasteiger partial charge on any atom is 0.342 e. The molecule has 98 valence electrons. The lowest BCUT2D eigenvalue weighted by molar-refractivity contribution is -0.588. The van der Waals surface area contributed by atoms with Crippen LogP contribution in [0.3, 0.4) is 0 Å². The topological polar surface area (TPSA) is 78.4 Å². The first-order chi connectivity index (χ1) is 8.66. The van der Waals surface area contributed by atoms with E-state index in [9.17, 15) is 10.1 Å². The zero-order chi connectivity index (χ0) is 13.0. The second-order valence-corrected chi connectivity index (χ2v) is 4.72. The molecule has 1 aromatic carbocycles. The summed E-state index contributed by atoms with van der Waals surface area (Å²) in [6.45, 7) is 0. The zero-order valence-corrected chi connectivity index (χ0v) is 10.2. The van der Waals surface area contributed by atoms with E-state index >= 15 is 0 Å². The Bertz CT molecular complexity index is 388. The summed E-state index contributed by atoms with van der Waals surface area (Å²) >= 11 is 0. The lowest BCUT2D eigenvalue weighted by atomic mass is 9.93. The van der Waals surface area contributed by atoms with E-state index < -0.39 is 6.23 Å². The Morgan fingerprint density at radius 3 is 2.39 bits per heavy atom. The molecule has 2 N–H and O–H groups in total. The van der Waals surface area contributed by atoms with Gasteiger partial charge in [0.15, 0.2) is 0 Å². The van der Waals surface area contributed by atoms with Crippen LogP contribution in [0.25, 0.3) is 0 Å². The van der Waals surface area contributed by atoms with Crippen molar-refractivity contribution in [3.05, 3.63) is 46.0 Å². The highest BCUT2D eigenvalue weighted by atomic mass is 16.7. The molecule has 0 saturated heterocycles. The molecule has 1 aromatic rings. The van der Waals surface area contributed by atoms with Crippen LogP contribution in [0, 0.1) is 10.1 Å². The van der Waals surface area contributed by atoms with Crippen molar-refractivity contribution < 1.29 is 9.66 Å². The monoisotopic (exact) mass is 250 g/mol. The minimum absolute atomic E-state index is 0.0552. The number of nitro groups is 1. The SMILES string of the molecule is NC1CCC(OC(c2ccccc2)[N+](=O)[O-])CC1. The summed E-state index contributed by atoms with van der Waals surface area (Å²) in [5.41, 5.74) is 6.40. The van der Waals surface area contributed by atoms with Crippen molar-refractivity contribution in [1.29, 1.82) is 0 Å². The average molecular weight is 250 g/mol. The maximum absolute atomic E-state index is 11.1. The molecule has 1 unspecified atom stereocenters. The third-order valence-corrected chi connectivity index (χ3v) is 3.32. The van der Waals surface area contributed by atoms with Gasteiger partial charge in [0.2, 0.25) is 0 Å². The van der Waals surface area contributed by atoms with Crippen LogP contribution in [0.4, 0.5) is 0 Å². The Labute approximate surface area is 106 Å². The Balaban J connectivity index is 2.01. The van der Waals surface area contributed by atoms with Gasteiger partial charge in [0.1, 0.15) is 0 Å². The number of hydrogen-bond donors (Lipinski definition) is 1. The fraction of sp³-hybridized carbons (Fsp3) is 0.538. The Kier molecular flexibility index (Phi) is 4.28. The van der Waals surface area contributed by atoms with Crippen LogP contribution in [0.1, 0.15) is 37.5 Å². The molecule has 1 atom stereocenters. The van der Waals surface area contributed by atoms with Crippen molar-refractivity contribution >= 4 is 0 Å². The van der Waals surface area contributed by atoms with Crippen molar-refractivity contribution in [3.8, 4) is 0 Å². The lowest BCUT2D eigenvalue weighted by Gasteiger charge is -2.27. The van der Waals surface area contributed by atoms with E-state index in [4.69, 9.17) is 10.5 Å². The van der Waals surface area contributed by atoms with Crippen molar-refractivity contribution in [2.45, 2.75) is 44.1 Å². The molecule has 0 aliphatic heterocycles. The lowest BCUT2D eigenvalue weighted by Crippen LogP contribution is -2.32.